The molecule has 0 aliphatic rings. The Bertz CT molecular complexity index is 660. The predicted octanol–water partition coefficient (Wildman–Crippen LogP) is 2.73. The Morgan fingerprint density at radius 2 is 1.91 bits per heavy atom. The molecule has 2 aromatic rings. The van der Waals surface area contributed by atoms with Crippen LogP contribution in [0.4, 0.5) is 5.69 Å². The number of amides is 1. The van der Waals surface area contributed by atoms with E-state index in [0.29, 0.717) is 17.8 Å². The number of carbonyl (C=O) groups is 2. The molecule has 2 N–H and O–H groups in total. The Balaban J connectivity index is 1.97. The number of aryl methyl sites for hydroxylation is 1. The van der Waals surface area contributed by atoms with Gasteiger partial charge in [-0.05, 0) is 44.0 Å². The van der Waals surface area contributed by atoms with Crippen molar-refractivity contribution in [3.05, 3.63) is 47.8 Å². The van der Waals surface area contributed by atoms with Crippen LogP contribution in [0.25, 0.3) is 0 Å². The van der Waals surface area contributed by atoms with E-state index in [-0.39, 0.29) is 18.4 Å². The summed E-state index contributed by atoms with van der Waals surface area (Å²) in [5, 5.41) is 15.6. The number of hydrogen-bond donors (Lipinski definition) is 2. The van der Waals surface area contributed by atoms with E-state index >= 15 is 0 Å². The number of benzene rings is 1. The molecule has 0 fully saturated rings. The smallest absolute Gasteiger partial charge is 0.303 e. The molecule has 0 bridgehead atoms. The summed E-state index contributed by atoms with van der Waals surface area (Å²) in [4.78, 5) is 22.6. The highest BCUT2D eigenvalue weighted by molar-refractivity contribution is 6.02. The van der Waals surface area contributed by atoms with Gasteiger partial charge in [0.25, 0.3) is 5.91 Å². The molecular weight excluding hydrogens is 282 g/mol. The molecule has 0 spiro atoms. The molecule has 1 aromatic heterocycles. The minimum absolute atomic E-state index is 0.0956. The molecule has 1 amide bonds. The van der Waals surface area contributed by atoms with Gasteiger partial charge >= 0.3 is 5.97 Å². The zero-order valence-corrected chi connectivity index (χ0v) is 12.6. The van der Waals surface area contributed by atoms with Crippen molar-refractivity contribution in [1.29, 1.82) is 0 Å². The Hall–Kier alpha value is -2.63. The standard InChI is InChI=1S/C16H19N3O3/c1-11(2)19-10-9-14(18-19)16(22)17-13-6-3-12(4-7-13)5-8-15(20)21/h3-4,6-7,9-11H,5,8H2,1-2H3,(H,17,22)(H,20,21). The highest BCUT2D eigenvalue weighted by atomic mass is 16.4. The van der Waals surface area contributed by atoms with Crippen molar-refractivity contribution in [1.82, 2.24) is 9.78 Å². The lowest BCUT2D eigenvalue weighted by Gasteiger charge is -2.06. The maximum atomic E-state index is 12.1. The molecule has 116 valence electrons. The van der Waals surface area contributed by atoms with E-state index in [1.165, 1.54) is 0 Å². The highest BCUT2D eigenvalue weighted by Gasteiger charge is 2.11. The number of carboxylic acid groups (broad SMARTS) is 1. The van der Waals surface area contributed by atoms with Crippen LogP contribution in [0.15, 0.2) is 36.5 Å². The second-order valence-corrected chi connectivity index (χ2v) is 5.32. The Morgan fingerprint density at radius 3 is 2.45 bits per heavy atom. The fourth-order valence-corrected chi connectivity index (χ4v) is 1.95. The predicted molar refractivity (Wildman–Crippen MR) is 83.0 cm³/mol. The van der Waals surface area contributed by atoms with Crippen molar-refractivity contribution in [2.75, 3.05) is 5.32 Å². The first-order valence-electron chi connectivity index (χ1n) is 7.13. The van der Waals surface area contributed by atoms with Gasteiger partial charge in [-0.15, -0.1) is 0 Å². The summed E-state index contributed by atoms with van der Waals surface area (Å²) in [7, 11) is 0. The van der Waals surface area contributed by atoms with Gasteiger partial charge in [-0.1, -0.05) is 12.1 Å². The van der Waals surface area contributed by atoms with E-state index in [1.54, 1.807) is 29.1 Å². The second kappa shape index (κ2) is 6.89. The number of rotatable bonds is 6. The van der Waals surface area contributed by atoms with E-state index in [9.17, 15) is 9.59 Å². The summed E-state index contributed by atoms with van der Waals surface area (Å²) in [5.41, 5.74) is 1.94. The van der Waals surface area contributed by atoms with Crippen LogP contribution in [0.3, 0.4) is 0 Å². The Kier molecular flexibility index (Phi) is 4.93. The van der Waals surface area contributed by atoms with E-state index in [2.05, 4.69) is 10.4 Å². The third-order valence-corrected chi connectivity index (χ3v) is 3.21. The van der Waals surface area contributed by atoms with E-state index in [1.807, 2.05) is 26.0 Å². The quantitative estimate of drug-likeness (QED) is 0.859. The fraction of sp³-hybridized carbons (Fsp3) is 0.312. The van der Waals surface area contributed by atoms with Crippen molar-refractivity contribution < 1.29 is 14.7 Å². The van der Waals surface area contributed by atoms with Gasteiger partial charge in [0.05, 0.1) is 0 Å². The van der Waals surface area contributed by atoms with Gasteiger partial charge in [0.15, 0.2) is 5.69 Å². The van der Waals surface area contributed by atoms with Gasteiger partial charge in [-0.2, -0.15) is 5.10 Å². The normalized spacial score (nSPS) is 10.7. The van der Waals surface area contributed by atoms with Gasteiger partial charge in [-0.25, -0.2) is 0 Å². The van der Waals surface area contributed by atoms with Crippen LogP contribution in [0, 0.1) is 0 Å². The molecule has 0 saturated carbocycles. The largest absolute Gasteiger partial charge is 0.481 e. The van der Waals surface area contributed by atoms with Crippen molar-refractivity contribution in [3.8, 4) is 0 Å². The average Bonchev–Trinajstić information content (AvgIpc) is 2.96. The lowest BCUT2D eigenvalue weighted by Crippen LogP contribution is -2.13. The molecule has 1 aromatic carbocycles. The topological polar surface area (TPSA) is 84.2 Å². The fourth-order valence-electron chi connectivity index (χ4n) is 1.95. The van der Waals surface area contributed by atoms with Crippen LogP contribution in [0.5, 0.6) is 0 Å². The average molecular weight is 301 g/mol. The van der Waals surface area contributed by atoms with Crippen LogP contribution in [-0.2, 0) is 11.2 Å². The van der Waals surface area contributed by atoms with Gasteiger partial charge in [0.2, 0.25) is 0 Å². The molecule has 0 aliphatic carbocycles. The molecule has 1 heterocycles. The van der Waals surface area contributed by atoms with Crippen LogP contribution in [0.1, 0.15) is 42.4 Å². The summed E-state index contributed by atoms with van der Waals surface area (Å²) in [6, 6.07) is 9.02. The molecule has 22 heavy (non-hydrogen) atoms. The number of carboxylic acids is 1. The second-order valence-electron chi connectivity index (χ2n) is 5.32. The summed E-state index contributed by atoms with van der Waals surface area (Å²) < 4.78 is 1.73. The molecule has 6 nitrogen and oxygen atoms in total. The van der Waals surface area contributed by atoms with Crippen LogP contribution in [0.2, 0.25) is 0 Å². The third-order valence-electron chi connectivity index (χ3n) is 3.21. The summed E-state index contributed by atoms with van der Waals surface area (Å²) in [6.07, 6.45) is 2.34. The summed E-state index contributed by atoms with van der Waals surface area (Å²) in [6.45, 7) is 3.98. The number of carbonyl (C=O) groups excluding carboxylic acids is 1. The minimum atomic E-state index is -0.821. The third kappa shape index (κ3) is 4.18. The number of nitrogens with one attached hydrogen (secondary N) is 1. The van der Waals surface area contributed by atoms with Gasteiger partial charge in [-0.3, -0.25) is 14.3 Å². The molecule has 0 radical (unpaired) electrons. The lowest BCUT2D eigenvalue weighted by atomic mass is 10.1. The summed E-state index contributed by atoms with van der Waals surface area (Å²) >= 11 is 0. The minimum Gasteiger partial charge on any atom is -0.481 e. The first kappa shape index (κ1) is 15.8. The number of aromatic nitrogens is 2. The zero-order valence-electron chi connectivity index (χ0n) is 12.6. The maximum absolute atomic E-state index is 12.1. The molecular formula is C16H19N3O3. The molecule has 2 rings (SSSR count). The number of hydrogen-bond acceptors (Lipinski definition) is 3. The maximum Gasteiger partial charge on any atom is 0.303 e. The van der Waals surface area contributed by atoms with Gasteiger partial charge in [0, 0.05) is 24.3 Å². The van der Waals surface area contributed by atoms with Gasteiger partial charge < -0.3 is 10.4 Å². The van der Waals surface area contributed by atoms with Crippen molar-refractivity contribution in [3.63, 3.8) is 0 Å². The lowest BCUT2D eigenvalue weighted by molar-refractivity contribution is -0.136. The Morgan fingerprint density at radius 1 is 1.23 bits per heavy atom. The summed E-state index contributed by atoms with van der Waals surface area (Å²) in [5.74, 6) is -1.09. The number of aliphatic carboxylic acids is 1. The van der Waals surface area contributed by atoms with E-state index in [4.69, 9.17) is 5.11 Å². The Labute approximate surface area is 128 Å². The zero-order chi connectivity index (χ0) is 16.1. The monoisotopic (exact) mass is 301 g/mol. The first-order chi connectivity index (χ1) is 10.5. The van der Waals surface area contributed by atoms with Crippen LogP contribution < -0.4 is 5.32 Å². The highest BCUT2D eigenvalue weighted by Crippen LogP contribution is 2.13. The first-order valence-corrected chi connectivity index (χ1v) is 7.13. The molecule has 0 saturated heterocycles. The molecule has 0 aliphatic heterocycles. The van der Waals surface area contributed by atoms with Crippen molar-refractivity contribution in [2.45, 2.75) is 32.7 Å². The molecule has 0 atom stereocenters. The number of nitrogens with zero attached hydrogens (tertiary/aromatic N) is 2. The van der Waals surface area contributed by atoms with Crippen LogP contribution >= 0.6 is 0 Å². The molecule has 0 unspecified atom stereocenters. The van der Waals surface area contributed by atoms with Crippen molar-refractivity contribution in [2.24, 2.45) is 0 Å². The number of anilines is 1. The van der Waals surface area contributed by atoms with E-state index in [0.717, 1.165) is 5.56 Å². The van der Waals surface area contributed by atoms with Gasteiger partial charge in [0.1, 0.15) is 0 Å². The molecule has 6 heteroatoms. The van der Waals surface area contributed by atoms with E-state index < -0.39 is 5.97 Å². The van der Waals surface area contributed by atoms with Crippen molar-refractivity contribution >= 4 is 17.6 Å². The van der Waals surface area contributed by atoms with Crippen LogP contribution in [-0.4, -0.2) is 26.8 Å². The SMILES string of the molecule is CC(C)n1ccc(C(=O)Nc2ccc(CCC(=O)O)cc2)n1.